The van der Waals surface area contributed by atoms with Crippen LogP contribution < -0.4 is 0 Å². The van der Waals surface area contributed by atoms with Crippen molar-refractivity contribution < 1.29 is 0 Å². The Morgan fingerprint density at radius 1 is 1.31 bits per heavy atom. The summed E-state index contributed by atoms with van der Waals surface area (Å²) >= 11 is 0. The van der Waals surface area contributed by atoms with Gasteiger partial charge in [-0.1, -0.05) is 57.7 Å². The number of hydrogen-bond donors (Lipinski definition) is 0. The van der Waals surface area contributed by atoms with Gasteiger partial charge in [-0.05, 0) is 41.5 Å². The Morgan fingerprint density at radius 3 is 2.44 bits per heavy atom. The molecule has 0 heteroatoms. The van der Waals surface area contributed by atoms with E-state index < -0.39 is 0 Å². The molecule has 0 N–H and O–H groups in total. The van der Waals surface area contributed by atoms with Gasteiger partial charge < -0.3 is 0 Å². The fourth-order valence-corrected chi connectivity index (χ4v) is 2.17. The molecule has 0 spiro atoms. The van der Waals surface area contributed by atoms with E-state index in [2.05, 4.69) is 58.5 Å². The molecule has 0 unspecified atom stereocenters. The second-order valence-corrected chi connectivity index (χ2v) is 4.45. The van der Waals surface area contributed by atoms with E-state index in [0.717, 1.165) is 6.42 Å². The minimum absolute atomic E-state index is 0.530. The van der Waals surface area contributed by atoms with Crippen LogP contribution in [-0.4, -0.2) is 0 Å². The van der Waals surface area contributed by atoms with Crippen molar-refractivity contribution in [2.24, 2.45) is 5.92 Å². The molecule has 0 heterocycles. The van der Waals surface area contributed by atoms with Crippen LogP contribution in [0.3, 0.4) is 0 Å². The van der Waals surface area contributed by atoms with Gasteiger partial charge in [-0.25, -0.2) is 0 Å². The first-order valence-electron chi connectivity index (χ1n) is 6.03. The molecule has 1 aromatic carbocycles. The molecule has 0 saturated heterocycles. The quantitative estimate of drug-likeness (QED) is 0.628. The maximum atomic E-state index is 3.93. The van der Waals surface area contributed by atoms with Crippen molar-refractivity contribution in [1.29, 1.82) is 0 Å². The van der Waals surface area contributed by atoms with Gasteiger partial charge in [0.05, 0.1) is 0 Å². The van der Waals surface area contributed by atoms with Crippen LogP contribution >= 0.6 is 0 Å². The monoisotopic (exact) mass is 214 g/mol. The zero-order chi connectivity index (χ0) is 12.1. The highest BCUT2D eigenvalue weighted by Gasteiger charge is 2.08. The first-order chi connectivity index (χ1) is 7.61. The van der Waals surface area contributed by atoms with Gasteiger partial charge in [0.2, 0.25) is 0 Å². The summed E-state index contributed by atoms with van der Waals surface area (Å²) in [7, 11) is 0. The van der Waals surface area contributed by atoms with Gasteiger partial charge in [-0.15, -0.1) is 0 Å². The van der Waals surface area contributed by atoms with E-state index >= 15 is 0 Å². The van der Waals surface area contributed by atoms with Gasteiger partial charge in [0.1, 0.15) is 0 Å². The van der Waals surface area contributed by atoms with Gasteiger partial charge in [0.15, 0.2) is 0 Å². The summed E-state index contributed by atoms with van der Waals surface area (Å²) in [6.45, 7) is 12.8. The predicted octanol–water partition coefficient (Wildman–Crippen LogP) is 4.86. The lowest BCUT2D eigenvalue weighted by Gasteiger charge is -2.15. The average molecular weight is 214 g/mol. The molecular formula is C16H22. The maximum Gasteiger partial charge on any atom is -0.0192 e. The first kappa shape index (κ1) is 12.8. The summed E-state index contributed by atoms with van der Waals surface area (Å²) in [4.78, 5) is 0. The molecule has 0 aliphatic carbocycles. The molecule has 86 valence electrons. The van der Waals surface area contributed by atoms with Gasteiger partial charge >= 0.3 is 0 Å². The van der Waals surface area contributed by atoms with Crippen LogP contribution in [0.15, 0.2) is 42.5 Å². The number of aryl methyl sites for hydroxylation is 1. The highest BCUT2D eigenvalue weighted by molar-refractivity contribution is 5.71. The molecule has 0 nitrogen and oxygen atoms in total. The molecule has 0 aliphatic rings. The van der Waals surface area contributed by atoms with Crippen molar-refractivity contribution in [1.82, 2.24) is 0 Å². The SMILES string of the molecule is C=CC(=C(C)c1ccccc1CC)C(C)C. The Kier molecular flexibility index (Phi) is 4.54. The van der Waals surface area contributed by atoms with Crippen LogP contribution in [0, 0.1) is 5.92 Å². The van der Waals surface area contributed by atoms with E-state index in [0.29, 0.717) is 5.92 Å². The van der Waals surface area contributed by atoms with E-state index in [4.69, 9.17) is 0 Å². The van der Waals surface area contributed by atoms with Crippen LogP contribution in [0.25, 0.3) is 5.57 Å². The third-order valence-electron chi connectivity index (χ3n) is 3.08. The van der Waals surface area contributed by atoms with Crippen molar-refractivity contribution in [2.45, 2.75) is 34.1 Å². The zero-order valence-corrected chi connectivity index (χ0v) is 10.9. The summed E-state index contributed by atoms with van der Waals surface area (Å²) < 4.78 is 0. The molecule has 0 amide bonds. The van der Waals surface area contributed by atoms with Crippen molar-refractivity contribution in [2.75, 3.05) is 0 Å². The van der Waals surface area contributed by atoms with Crippen molar-refractivity contribution in [3.8, 4) is 0 Å². The predicted molar refractivity (Wildman–Crippen MR) is 73.4 cm³/mol. The fraction of sp³-hybridized carbons (Fsp3) is 0.375. The Morgan fingerprint density at radius 2 is 1.94 bits per heavy atom. The maximum absolute atomic E-state index is 3.93. The summed E-state index contributed by atoms with van der Waals surface area (Å²) in [5.41, 5.74) is 5.50. The third-order valence-corrected chi connectivity index (χ3v) is 3.08. The van der Waals surface area contributed by atoms with Crippen molar-refractivity contribution in [3.05, 3.63) is 53.6 Å². The number of benzene rings is 1. The molecule has 0 fully saturated rings. The van der Waals surface area contributed by atoms with E-state index in [1.54, 1.807) is 0 Å². The number of rotatable bonds is 4. The third kappa shape index (κ3) is 2.63. The van der Waals surface area contributed by atoms with Gasteiger partial charge in [-0.3, -0.25) is 0 Å². The molecule has 16 heavy (non-hydrogen) atoms. The Bertz CT molecular complexity index is 394. The molecule has 0 atom stereocenters. The lowest BCUT2D eigenvalue weighted by atomic mass is 9.90. The first-order valence-corrected chi connectivity index (χ1v) is 6.03. The summed E-state index contributed by atoms with van der Waals surface area (Å²) in [6, 6.07) is 8.64. The molecule has 1 rings (SSSR count). The zero-order valence-electron chi connectivity index (χ0n) is 10.9. The van der Waals surface area contributed by atoms with Crippen LogP contribution in [-0.2, 0) is 6.42 Å². The smallest absolute Gasteiger partial charge is 0.0192 e. The van der Waals surface area contributed by atoms with Crippen LogP contribution in [0.5, 0.6) is 0 Å². The van der Waals surface area contributed by atoms with E-state index in [9.17, 15) is 0 Å². The lowest BCUT2D eigenvalue weighted by Crippen LogP contribution is -1.97. The molecule has 0 aromatic heterocycles. The molecule has 0 bridgehead atoms. The van der Waals surface area contributed by atoms with Crippen molar-refractivity contribution >= 4 is 5.57 Å². The standard InChI is InChI=1S/C16H22/c1-6-14-10-8-9-11-16(14)13(5)15(7-2)12(3)4/h7-12H,2,6H2,1,3-5H3. The average Bonchev–Trinajstić information content (AvgIpc) is 2.29. The van der Waals surface area contributed by atoms with Crippen LogP contribution in [0.2, 0.25) is 0 Å². The lowest BCUT2D eigenvalue weighted by molar-refractivity contribution is 0.793. The Hall–Kier alpha value is -1.30. The highest BCUT2D eigenvalue weighted by atomic mass is 14.1. The van der Waals surface area contributed by atoms with Crippen molar-refractivity contribution in [3.63, 3.8) is 0 Å². The summed E-state index contributed by atoms with van der Waals surface area (Å²) in [5, 5.41) is 0. The number of hydrogen-bond acceptors (Lipinski definition) is 0. The largest absolute Gasteiger partial charge is 0.0988 e. The highest BCUT2D eigenvalue weighted by Crippen LogP contribution is 2.26. The molecule has 0 radical (unpaired) electrons. The number of allylic oxidation sites excluding steroid dienone is 3. The van der Waals surface area contributed by atoms with Gasteiger partial charge in [-0.2, -0.15) is 0 Å². The van der Waals surface area contributed by atoms with Crippen LogP contribution in [0.1, 0.15) is 38.8 Å². The second kappa shape index (κ2) is 5.69. The van der Waals surface area contributed by atoms with Crippen LogP contribution in [0.4, 0.5) is 0 Å². The minimum atomic E-state index is 0.530. The van der Waals surface area contributed by atoms with E-state index in [1.165, 1.54) is 22.3 Å². The molecule has 1 aromatic rings. The van der Waals surface area contributed by atoms with E-state index in [-0.39, 0.29) is 0 Å². The topological polar surface area (TPSA) is 0 Å². The summed E-state index contributed by atoms with van der Waals surface area (Å²) in [6.07, 6.45) is 3.07. The Balaban J connectivity index is 3.31. The summed E-state index contributed by atoms with van der Waals surface area (Å²) in [5.74, 6) is 0.530. The molecule has 0 aliphatic heterocycles. The second-order valence-electron chi connectivity index (χ2n) is 4.45. The normalized spacial score (nSPS) is 12.6. The van der Waals surface area contributed by atoms with Gasteiger partial charge in [0.25, 0.3) is 0 Å². The molecule has 0 saturated carbocycles. The van der Waals surface area contributed by atoms with E-state index in [1.807, 2.05) is 6.08 Å². The minimum Gasteiger partial charge on any atom is -0.0988 e. The Labute approximate surface area is 99.7 Å². The van der Waals surface area contributed by atoms with Gasteiger partial charge in [0, 0.05) is 0 Å². The molecular weight excluding hydrogens is 192 g/mol. The fourth-order valence-electron chi connectivity index (χ4n) is 2.17.